The van der Waals surface area contributed by atoms with Gasteiger partial charge < -0.3 is 10.3 Å². The van der Waals surface area contributed by atoms with Gasteiger partial charge in [-0.2, -0.15) is 0 Å². The van der Waals surface area contributed by atoms with Gasteiger partial charge in [-0.1, -0.05) is 30.4 Å². The highest BCUT2D eigenvalue weighted by Crippen LogP contribution is 2.23. The number of hydrogen-bond acceptors (Lipinski definition) is 3. The van der Waals surface area contributed by atoms with Crippen molar-refractivity contribution >= 4 is 51.3 Å². The number of H-pyrrole nitrogens is 1. The van der Waals surface area contributed by atoms with E-state index < -0.39 is 0 Å². The van der Waals surface area contributed by atoms with E-state index in [0.29, 0.717) is 10.7 Å². The average Bonchev–Trinajstić information content (AvgIpc) is 3.16. The molecular weight excluding hydrogens is 378 g/mol. The number of nitrogens with one attached hydrogen (secondary N) is 2. The monoisotopic (exact) mass is 397 g/mol. The van der Waals surface area contributed by atoms with Gasteiger partial charge in [-0.05, 0) is 78.1 Å². The lowest BCUT2D eigenvalue weighted by Crippen LogP contribution is -2.08. The second kappa shape index (κ2) is 8.93. The van der Waals surface area contributed by atoms with Gasteiger partial charge in [0.25, 0.3) is 0 Å². The van der Waals surface area contributed by atoms with E-state index in [1.807, 2.05) is 30.6 Å². The molecule has 0 saturated carbocycles. The zero-order valence-electron chi connectivity index (χ0n) is 14.8. The van der Waals surface area contributed by atoms with Gasteiger partial charge in [0.05, 0.1) is 0 Å². The molecule has 0 radical (unpaired) electrons. The number of hydrogen-bond donors (Lipinski definition) is 2. The zero-order chi connectivity index (χ0) is 19.2. The normalized spacial score (nSPS) is 10.7. The van der Waals surface area contributed by atoms with Crippen molar-refractivity contribution in [2.75, 3.05) is 5.32 Å². The Bertz CT molecular complexity index is 996. The standard InChI is InChI=1S/C21H20ClN3OS/c1-2-20(26)25-16-5-8-19(22)15(13-16)4-7-17(27)6-3-14-9-11-23-21-18(14)10-12-24-21/h2,5,8-13H,1,3-4,6-7H2,(H,23,24)(H,25,26). The molecule has 2 heterocycles. The fourth-order valence-corrected chi connectivity index (χ4v) is 3.36. The summed E-state index contributed by atoms with van der Waals surface area (Å²) in [6.07, 6.45) is 8.20. The number of halogens is 1. The molecular formula is C21H20ClN3OS. The van der Waals surface area contributed by atoms with Crippen molar-refractivity contribution in [1.29, 1.82) is 0 Å². The SMILES string of the molecule is C=CC(=O)Nc1ccc(Cl)c(CCC(=S)CCc2ccnc3[nH]ccc23)c1. The lowest BCUT2D eigenvalue weighted by Gasteiger charge is -2.09. The number of thiocarbonyl (C=S) groups is 1. The third kappa shape index (κ3) is 5.02. The number of fused-ring (bicyclic) bond motifs is 1. The fraction of sp³-hybridized carbons (Fsp3) is 0.190. The van der Waals surface area contributed by atoms with Crippen molar-refractivity contribution in [1.82, 2.24) is 9.97 Å². The van der Waals surface area contributed by atoms with Crippen LogP contribution in [0.4, 0.5) is 5.69 Å². The number of benzene rings is 1. The van der Waals surface area contributed by atoms with Crippen LogP contribution in [0.1, 0.15) is 24.0 Å². The van der Waals surface area contributed by atoms with E-state index in [0.717, 1.165) is 47.1 Å². The first kappa shape index (κ1) is 19.3. The predicted molar refractivity (Wildman–Crippen MR) is 116 cm³/mol. The Morgan fingerprint density at radius 2 is 2.00 bits per heavy atom. The van der Waals surface area contributed by atoms with Gasteiger partial charge >= 0.3 is 0 Å². The van der Waals surface area contributed by atoms with Crippen molar-refractivity contribution in [2.24, 2.45) is 0 Å². The summed E-state index contributed by atoms with van der Waals surface area (Å²) in [6.45, 7) is 3.46. The third-order valence-electron chi connectivity index (χ3n) is 4.40. The number of nitrogens with zero attached hydrogens (tertiary/aromatic N) is 1. The zero-order valence-corrected chi connectivity index (χ0v) is 16.4. The molecule has 0 fully saturated rings. The van der Waals surface area contributed by atoms with Crippen LogP contribution in [0.25, 0.3) is 11.0 Å². The van der Waals surface area contributed by atoms with E-state index in [2.05, 4.69) is 21.9 Å². The molecule has 0 unspecified atom stereocenters. The van der Waals surface area contributed by atoms with Gasteiger partial charge in [-0.25, -0.2) is 4.98 Å². The maximum Gasteiger partial charge on any atom is 0.247 e. The van der Waals surface area contributed by atoms with E-state index in [1.54, 1.807) is 12.1 Å². The first-order valence-corrected chi connectivity index (χ1v) is 9.50. The number of rotatable bonds is 8. The topological polar surface area (TPSA) is 57.8 Å². The summed E-state index contributed by atoms with van der Waals surface area (Å²) < 4.78 is 0. The minimum atomic E-state index is -0.243. The van der Waals surface area contributed by atoms with Crippen LogP contribution in [0, 0.1) is 0 Å². The predicted octanol–water partition coefficient (Wildman–Crippen LogP) is 5.28. The highest BCUT2D eigenvalue weighted by Gasteiger charge is 2.08. The van der Waals surface area contributed by atoms with Crippen LogP contribution in [0.3, 0.4) is 0 Å². The van der Waals surface area contributed by atoms with Crippen LogP contribution in [0.5, 0.6) is 0 Å². The molecule has 138 valence electrons. The Kier molecular flexibility index (Phi) is 6.37. The number of pyridine rings is 1. The lowest BCUT2D eigenvalue weighted by atomic mass is 10.0. The van der Waals surface area contributed by atoms with Crippen LogP contribution in [0.2, 0.25) is 5.02 Å². The molecule has 3 aromatic rings. The van der Waals surface area contributed by atoms with Crippen LogP contribution < -0.4 is 5.32 Å². The Labute approximate surface area is 168 Å². The molecule has 0 bridgehead atoms. The molecule has 1 aromatic carbocycles. The van der Waals surface area contributed by atoms with Crippen LogP contribution in [0.15, 0.2) is 55.4 Å². The molecule has 27 heavy (non-hydrogen) atoms. The number of aromatic amines is 1. The summed E-state index contributed by atoms with van der Waals surface area (Å²) in [4.78, 5) is 19.9. The summed E-state index contributed by atoms with van der Waals surface area (Å²) in [5.74, 6) is -0.243. The number of carbonyl (C=O) groups is 1. The van der Waals surface area contributed by atoms with E-state index in [1.165, 1.54) is 11.6 Å². The van der Waals surface area contributed by atoms with E-state index in [4.69, 9.17) is 23.8 Å². The molecule has 1 amide bonds. The molecule has 0 aliphatic rings. The number of aromatic nitrogens is 2. The lowest BCUT2D eigenvalue weighted by molar-refractivity contribution is -0.111. The molecule has 0 aliphatic carbocycles. The molecule has 6 heteroatoms. The Morgan fingerprint density at radius 3 is 2.78 bits per heavy atom. The minimum absolute atomic E-state index is 0.243. The molecule has 4 nitrogen and oxygen atoms in total. The second-order valence-corrected chi connectivity index (χ2v) is 7.23. The molecule has 3 rings (SSSR count). The van der Waals surface area contributed by atoms with Gasteiger partial charge in [0.15, 0.2) is 0 Å². The summed E-state index contributed by atoms with van der Waals surface area (Å²) in [5.41, 5.74) is 3.83. The first-order chi connectivity index (χ1) is 13.1. The van der Waals surface area contributed by atoms with Crippen molar-refractivity contribution in [3.63, 3.8) is 0 Å². The van der Waals surface area contributed by atoms with E-state index >= 15 is 0 Å². The molecule has 2 N–H and O–H groups in total. The first-order valence-electron chi connectivity index (χ1n) is 8.71. The second-order valence-electron chi connectivity index (χ2n) is 6.25. The Balaban J connectivity index is 1.57. The van der Waals surface area contributed by atoms with Gasteiger partial charge in [-0.3, -0.25) is 4.79 Å². The number of carbonyl (C=O) groups excluding carboxylic acids is 1. The van der Waals surface area contributed by atoms with Crippen molar-refractivity contribution < 1.29 is 4.79 Å². The average molecular weight is 398 g/mol. The third-order valence-corrected chi connectivity index (χ3v) is 5.17. The Morgan fingerprint density at radius 1 is 1.22 bits per heavy atom. The maximum absolute atomic E-state index is 11.4. The quantitative estimate of drug-likeness (QED) is 0.401. The highest BCUT2D eigenvalue weighted by molar-refractivity contribution is 7.80. The Hall–Kier alpha value is -2.50. The summed E-state index contributed by atoms with van der Waals surface area (Å²) in [5, 5.41) is 4.58. The number of amides is 1. The van der Waals surface area contributed by atoms with Gasteiger partial charge in [0.1, 0.15) is 5.65 Å². The summed E-state index contributed by atoms with van der Waals surface area (Å²) >= 11 is 11.9. The van der Waals surface area contributed by atoms with Crippen LogP contribution >= 0.6 is 23.8 Å². The van der Waals surface area contributed by atoms with Gasteiger partial charge in [-0.15, -0.1) is 0 Å². The van der Waals surface area contributed by atoms with E-state index in [9.17, 15) is 4.79 Å². The molecule has 0 aliphatic heterocycles. The van der Waals surface area contributed by atoms with Crippen LogP contribution in [-0.2, 0) is 17.6 Å². The van der Waals surface area contributed by atoms with Gasteiger partial charge in [0.2, 0.25) is 5.91 Å². The summed E-state index contributed by atoms with van der Waals surface area (Å²) in [7, 11) is 0. The highest BCUT2D eigenvalue weighted by atomic mass is 35.5. The van der Waals surface area contributed by atoms with Gasteiger partial charge in [0, 0.05) is 28.5 Å². The van der Waals surface area contributed by atoms with Crippen molar-refractivity contribution in [2.45, 2.75) is 25.7 Å². The van der Waals surface area contributed by atoms with E-state index in [-0.39, 0.29) is 5.91 Å². The molecule has 0 spiro atoms. The summed E-state index contributed by atoms with van der Waals surface area (Å²) in [6, 6.07) is 9.54. The number of aryl methyl sites for hydroxylation is 2. The largest absolute Gasteiger partial charge is 0.346 e. The van der Waals surface area contributed by atoms with Crippen molar-refractivity contribution in [3.05, 3.63) is 71.5 Å². The molecule has 2 aromatic heterocycles. The fourth-order valence-electron chi connectivity index (χ4n) is 2.95. The molecule has 0 saturated heterocycles. The minimum Gasteiger partial charge on any atom is -0.346 e. The smallest absolute Gasteiger partial charge is 0.247 e. The van der Waals surface area contributed by atoms with Crippen molar-refractivity contribution in [3.8, 4) is 0 Å². The number of anilines is 1. The molecule has 0 atom stereocenters. The maximum atomic E-state index is 11.4. The van der Waals surface area contributed by atoms with Crippen LogP contribution in [-0.4, -0.2) is 20.7 Å².